The van der Waals surface area contributed by atoms with Gasteiger partial charge < -0.3 is 5.11 Å². The topological polar surface area (TPSA) is 37.3 Å². The van der Waals surface area contributed by atoms with Crippen LogP contribution < -0.4 is 0 Å². The first-order chi connectivity index (χ1) is 7.74. The molecule has 0 amide bonds. The van der Waals surface area contributed by atoms with Gasteiger partial charge in [0, 0.05) is 10.7 Å². The second-order valence-corrected chi connectivity index (χ2v) is 4.67. The molecule has 0 aliphatic carbocycles. The minimum absolute atomic E-state index is 0.0888. The second kappa shape index (κ2) is 5.03. The zero-order valence-electron chi connectivity index (χ0n) is 8.72. The molecule has 1 N–H and O–H groups in total. The Morgan fingerprint density at radius 3 is 2.69 bits per heavy atom. The number of hydrogen-bond acceptors (Lipinski definition) is 2. The summed E-state index contributed by atoms with van der Waals surface area (Å²) in [5.41, 5.74) is 1.95. The van der Waals surface area contributed by atoms with Gasteiger partial charge >= 0.3 is 5.97 Å². The Kier molecular flexibility index (Phi) is 3.47. The molecule has 1 aromatic carbocycles. The molecule has 2 rings (SSSR count). The first-order valence-corrected chi connectivity index (χ1v) is 6.04. The third-order valence-corrected chi connectivity index (χ3v) is 3.22. The summed E-state index contributed by atoms with van der Waals surface area (Å²) >= 11 is 1.81. The number of aliphatic carboxylic acids is 1. The van der Waals surface area contributed by atoms with E-state index in [0.717, 1.165) is 16.9 Å². The van der Waals surface area contributed by atoms with Gasteiger partial charge in [0.15, 0.2) is 0 Å². The van der Waals surface area contributed by atoms with Crippen molar-refractivity contribution in [1.82, 2.24) is 0 Å². The van der Waals surface area contributed by atoms with Gasteiger partial charge in [0.1, 0.15) is 0 Å². The van der Waals surface area contributed by atoms with Gasteiger partial charge in [-0.05, 0) is 17.2 Å². The molecule has 0 atom stereocenters. The van der Waals surface area contributed by atoms with Crippen molar-refractivity contribution in [2.75, 3.05) is 5.75 Å². The molecule has 0 fully saturated rings. The van der Waals surface area contributed by atoms with E-state index >= 15 is 0 Å². The maximum Gasteiger partial charge on any atom is 0.307 e. The van der Waals surface area contributed by atoms with E-state index in [2.05, 4.69) is 18.2 Å². The first kappa shape index (κ1) is 11.0. The molecule has 3 heteroatoms. The normalized spacial score (nSPS) is 16.9. The SMILES string of the molecule is O=C(O)Cc1ccc(/C=C2/C=CCS2)cc1. The first-order valence-electron chi connectivity index (χ1n) is 5.06. The zero-order chi connectivity index (χ0) is 11.4. The van der Waals surface area contributed by atoms with Crippen molar-refractivity contribution in [3.8, 4) is 0 Å². The molecule has 0 spiro atoms. The van der Waals surface area contributed by atoms with Crippen LogP contribution in [0.2, 0.25) is 0 Å². The van der Waals surface area contributed by atoms with Gasteiger partial charge in [0.2, 0.25) is 0 Å². The monoisotopic (exact) mass is 232 g/mol. The number of thioether (sulfide) groups is 1. The van der Waals surface area contributed by atoms with Crippen molar-refractivity contribution in [2.24, 2.45) is 0 Å². The Morgan fingerprint density at radius 1 is 1.38 bits per heavy atom. The molecule has 82 valence electrons. The van der Waals surface area contributed by atoms with Crippen molar-refractivity contribution in [3.05, 3.63) is 52.4 Å². The van der Waals surface area contributed by atoms with Crippen LogP contribution in [0.15, 0.2) is 41.3 Å². The fraction of sp³-hybridized carbons (Fsp3) is 0.154. The highest BCUT2D eigenvalue weighted by molar-refractivity contribution is 8.03. The number of allylic oxidation sites excluding steroid dienone is 1. The summed E-state index contributed by atoms with van der Waals surface area (Å²) in [5.74, 6) is 0.253. The highest BCUT2D eigenvalue weighted by atomic mass is 32.2. The predicted molar refractivity (Wildman–Crippen MR) is 67.4 cm³/mol. The Hall–Kier alpha value is -1.48. The van der Waals surface area contributed by atoms with Crippen LogP contribution in [0.25, 0.3) is 6.08 Å². The average molecular weight is 232 g/mol. The van der Waals surface area contributed by atoms with E-state index in [-0.39, 0.29) is 6.42 Å². The van der Waals surface area contributed by atoms with E-state index < -0.39 is 5.97 Å². The Labute approximate surface area is 98.7 Å². The molecule has 1 aliphatic rings. The van der Waals surface area contributed by atoms with E-state index in [0.29, 0.717) is 0 Å². The number of carboxylic acid groups (broad SMARTS) is 1. The largest absolute Gasteiger partial charge is 0.481 e. The van der Waals surface area contributed by atoms with E-state index in [1.165, 1.54) is 4.91 Å². The van der Waals surface area contributed by atoms with E-state index in [9.17, 15) is 4.79 Å². The maximum atomic E-state index is 10.5. The molecule has 0 saturated carbocycles. The molecule has 0 unspecified atom stereocenters. The molecule has 0 aromatic heterocycles. The summed E-state index contributed by atoms with van der Waals surface area (Å²) in [6.45, 7) is 0. The van der Waals surface area contributed by atoms with Crippen LogP contribution in [0.3, 0.4) is 0 Å². The summed E-state index contributed by atoms with van der Waals surface area (Å²) in [6, 6.07) is 7.64. The second-order valence-electron chi connectivity index (χ2n) is 3.57. The number of rotatable bonds is 3. The summed E-state index contributed by atoms with van der Waals surface area (Å²) in [4.78, 5) is 11.8. The lowest BCUT2D eigenvalue weighted by Gasteiger charge is -1.99. The Morgan fingerprint density at radius 2 is 2.12 bits per heavy atom. The van der Waals surface area contributed by atoms with Crippen LogP contribution in [0.1, 0.15) is 11.1 Å². The zero-order valence-corrected chi connectivity index (χ0v) is 9.54. The van der Waals surface area contributed by atoms with Crippen molar-refractivity contribution >= 4 is 23.8 Å². The smallest absolute Gasteiger partial charge is 0.307 e. The van der Waals surface area contributed by atoms with Gasteiger partial charge in [0.25, 0.3) is 0 Å². The molecule has 0 saturated heterocycles. The Bertz CT molecular complexity index is 444. The van der Waals surface area contributed by atoms with Crippen molar-refractivity contribution in [2.45, 2.75) is 6.42 Å². The van der Waals surface area contributed by atoms with Crippen molar-refractivity contribution in [1.29, 1.82) is 0 Å². The predicted octanol–water partition coefficient (Wildman–Crippen LogP) is 2.96. The van der Waals surface area contributed by atoms with Crippen LogP contribution in [0.5, 0.6) is 0 Å². The van der Waals surface area contributed by atoms with Gasteiger partial charge in [-0.2, -0.15) is 0 Å². The molecular formula is C13H12O2S. The Balaban J connectivity index is 2.10. The van der Waals surface area contributed by atoms with Crippen LogP contribution in [-0.4, -0.2) is 16.8 Å². The molecule has 2 nitrogen and oxygen atoms in total. The fourth-order valence-electron chi connectivity index (χ4n) is 1.52. The third kappa shape index (κ3) is 3.00. The molecule has 1 heterocycles. The number of carboxylic acids is 1. The third-order valence-electron chi connectivity index (χ3n) is 2.27. The van der Waals surface area contributed by atoms with Gasteiger partial charge in [-0.3, -0.25) is 4.79 Å². The molecule has 0 radical (unpaired) electrons. The molecular weight excluding hydrogens is 220 g/mol. The molecule has 1 aliphatic heterocycles. The van der Waals surface area contributed by atoms with E-state index in [1.807, 2.05) is 36.0 Å². The highest BCUT2D eigenvalue weighted by Gasteiger charge is 2.01. The summed E-state index contributed by atoms with van der Waals surface area (Å²) in [7, 11) is 0. The lowest BCUT2D eigenvalue weighted by molar-refractivity contribution is -0.136. The van der Waals surface area contributed by atoms with E-state index in [1.54, 1.807) is 0 Å². The van der Waals surface area contributed by atoms with Gasteiger partial charge in [-0.25, -0.2) is 0 Å². The van der Waals surface area contributed by atoms with Crippen molar-refractivity contribution < 1.29 is 9.90 Å². The summed E-state index contributed by atoms with van der Waals surface area (Å²) in [6.07, 6.45) is 6.44. The number of carbonyl (C=O) groups is 1. The van der Waals surface area contributed by atoms with Crippen LogP contribution in [0, 0.1) is 0 Å². The minimum Gasteiger partial charge on any atom is -0.481 e. The van der Waals surface area contributed by atoms with Crippen LogP contribution >= 0.6 is 11.8 Å². The number of benzene rings is 1. The van der Waals surface area contributed by atoms with Crippen LogP contribution in [-0.2, 0) is 11.2 Å². The lowest BCUT2D eigenvalue weighted by Crippen LogP contribution is -1.99. The summed E-state index contributed by atoms with van der Waals surface area (Å²) < 4.78 is 0. The molecule has 1 aromatic rings. The summed E-state index contributed by atoms with van der Waals surface area (Å²) in [5, 5.41) is 8.64. The minimum atomic E-state index is -0.791. The molecule has 16 heavy (non-hydrogen) atoms. The fourth-order valence-corrected chi connectivity index (χ4v) is 2.31. The average Bonchev–Trinajstić information content (AvgIpc) is 2.73. The van der Waals surface area contributed by atoms with Gasteiger partial charge in [0.05, 0.1) is 6.42 Å². The number of hydrogen-bond donors (Lipinski definition) is 1. The standard InChI is InChI=1S/C13H12O2S/c14-13(15)9-11-5-3-10(4-6-11)8-12-2-1-7-16-12/h1-6,8H,7,9H2,(H,14,15)/b12-8-. The van der Waals surface area contributed by atoms with Crippen LogP contribution in [0.4, 0.5) is 0 Å². The van der Waals surface area contributed by atoms with E-state index in [4.69, 9.17) is 5.11 Å². The highest BCUT2D eigenvalue weighted by Crippen LogP contribution is 2.25. The van der Waals surface area contributed by atoms with Gasteiger partial charge in [-0.15, -0.1) is 11.8 Å². The molecule has 0 bridgehead atoms. The van der Waals surface area contributed by atoms with Crippen molar-refractivity contribution in [3.63, 3.8) is 0 Å². The maximum absolute atomic E-state index is 10.5. The lowest BCUT2D eigenvalue weighted by atomic mass is 10.1. The van der Waals surface area contributed by atoms with Gasteiger partial charge in [-0.1, -0.05) is 36.4 Å². The quantitative estimate of drug-likeness (QED) is 0.870.